The molecule has 2 aromatic rings. The van der Waals surface area contributed by atoms with Gasteiger partial charge in [0.15, 0.2) is 0 Å². The van der Waals surface area contributed by atoms with E-state index < -0.39 is 10.0 Å². The van der Waals surface area contributed by atoms with E-state index in [0.29, 0.717) is 5.69 Å². The molecule has 6 heteroatoms. The molecule has 0 spiro atoms. The van der Waals surface area contributed by atoms with Crippen LogP contribution in [0.1, 0.15) is 24.1 Å². The zero-order chi connectivity index (χ0) is 17.2. The van der Waals surface area contributed by atoms with Gasteiger partial charge < -0.3 is 10.1 Å². The summed E-state index contributed by atoms with van der Waals surface area (Å²) >= 11 is 0. The number of benzene rings is 2. The second kappa shape index (κ2) is 6.83. The summed E-state index contributed by atoms with van der Waals surface area (Å²) in [5.74, 6) is 0.980. The molecule has 1 aliphatic rings. The van der Waals surface area contributed by atoms with Crippen LogP contribution in [0.15, 0.2) is 48.5 Å². The molecule has 0 saturated carbocycles. The lowest BCUT2D eigenvalue weighted by atomic mass is 10.1. The number of para-hydroxylation sites is 1. The first-order chi connectivity index (χ1) is 11.4. The minimum atomic E-state index is -3.24. The van der Waals surface area contributed by atoms with Crippen molar-refractivity contribution in [1.29, 1.82) is 0 Å². The van der Waals surface area contributed by atoms with Gasteiger partial charge in [0.05, 0.1) is 6.26 Å². The highest BCUT2D eigenvalue weighted by molar-refractivity contribution is 7.92. The van der Waals surface area contributed by atoms with Crippen molar-refractivity contribution in [2.75, 3.05) is 17.5 Å². The molecule has 128 valence electrons. The first kappa shape index (κ1) is 16.8. The third-order valence-electron chi connectivity index (χ3n) is 4.08. The summed E-state index contributed by atoms with van der Waals surface area (Å²) < 4.78 is 30.8. The predicted molar refractivity (Wildman–Crippen MR) is 95.9 cm³/mol. The molecule has 2 atom stereocenters. The van der Waals surface area contributed by atoms with Crippen LogP contribution in [0.3, 0.4) is 0 Å². The molecule has 0 unspecified atom stereocenters. The molecule has 0 bridgehead atoms. The Hall–Kier alpha value is -2.05. The highest BCUT2D eigenvalue weighted by Gasteiger charge is 2.22. The summed E-state index contributed by atoms with van der Waals surface area (Å²) in [6.07, 6.45) is 2.22. The van der Waals surface area contributed by atoms with Gasteiger partial charge in [-0.25, -0.2) is 8.42 Å². The van der Waals surface area contributed by atoms with Gasteiger partial charge in [0.25, 0.3) is 0 Å². The standard InChI is InChI=1S/C18H22N2O3S/c1-13(14-7-9-16(10-8-14)20-24(2,21)22)19-12-17-11-15-5-3-4-6-18(15)23-17/h3-10,13,17,19-20H,11-12H2,1-2H3/t13-,17+/m0/s1. The van der Waals surface area contributed by atoms with Gasteiger partial charge in [-0.1, -0.05) is 30.3 Å². The number of sulfonamides is 1. The Labute approximate surface area is 143 Å². The van der Waals surface area contributed by atoms with E-state index in [4.69, 9.17) is 4.74 Å². The van der Waals surface area contributed by atoms with Gasteiger partial charge in [-0.3, -0.25) is 4.72 Å². The van der Waals surface area contributed by atoms with Crippen LogP contribution >= 0.6 is 0 Å². The van der Waals surface area contributed by atoms with Gasteiger partial charge >= 0.3 is 0 Å². The Bertz CT molecular complexity index is 778. The van der Waals surface area contributed by atoms with Crippen LogP contribution in [-0.4, -0.2) is 27.3 Å². The number of rotatable bonds is 6. The first-order valence-electron chi connectivity index (χ1n) is 7.96. The van der Waals surface area contributed by atoms with Crippen molar-refractivity contribution in [3.8, 4) is 5.75 Å². The molecule has 0 aliphatic carbocycles. The molecule has 0 fully saturated rings. The van der Waals surface area contributed by atoms with Gasteiger partial charge in [0, 0.05) is 24.7 Å². The number of anilines is 1. The van der Waals surface area contributed by atoms with E-state index in [-0.39, 0.29) is 12.1 Å². The molecule has 0 amide bonds. The van der Waals surface area contributed by atoms with Gasteiger partial charge in [-0.2, -0.15) is 0 Å². The molecule has 3 rings (SSSR count). The topological polar surface area (TPSA) is 67.4 Å². The number of hydrogen-bond donors (Lipinski definition) is 2. The third-order valence-corrected chi connectivity index (χ3v) is 4.69. The maximum Gasteiger partial charge on any atom is 0.229 e. The molecule has 2 N–H and O–H groups in total. The van der Waals surface area contributed by atoms with Gasteiger partial charge in [0.2, 0.25) is 10.0 Å². The van der Waals surface area contributed by atoms with Crippen molar-refractivity contribution in [1.82, 2.24) is 5.32 Å². The molecule has 1 heterocycles. The minimum absolute atomic E-state index is 0.149. The van der Waals surface area contributed by atoms with Crippen molar-refractivity contribution in [2.45, 2.75) is 25.5 Å². The molecular weight excluding hydrogens is 324 g/mol. The lowest BCUT2D eigenvalue weighted by Crippen LogP contribution is -2.31. The average Bonchev–Trinajstić information content (AvgIpc) is 2.94. The predicted octanol–water partition coefficient (Wildman–Crippen LogP) is 2.71. The van der Waals surface area contributed by atoms with Gasteiger partial charge in [-0.15, -0.1) is 0 Å². The SMILES string of the molecule is C[C@H](NC[C@H]1Cc2ccccc2O1)c1ccc(NS(C)(=O)=O)cc1. The van der Waals surface area contributed by atoms with Crippen LogP contribution < -0.4 is 14.8 Å². The van der Waals surface area contributed by atoms with Crippen LogP contribution in [-0.2, 0) is 16.4 Å². The Balaban J connectivity index is 1.53. The fourth-order valence-electron chi connectivity index (χ4n) is 2.85. The Morgan fingerprint density at radius 1 is 1.17 bits per heavy atom. The van der Waals surface area contributed by atoms with Crippen LogP contribution in [0.25, 0.3) is 0 Å². The second-order valence-electron chi connectivity index (χ2n) is 6.18. The molecule has 0 aromatic heterocycles. The normalized spacial score (nSPS) is 17.8. The molecule has 24 heavy (non-hydrogen) atoms. The Morgan fingerprint density at radius 3 is 2.54 bits per heavy atom. The van der Waals surface area contributed by atoms with Crippen molar-refractivity contribution in [2.24, 2.45) is 0 Å². The number of fused-ring (bicyclic) bond motifs is 1. The molecule has 2 aromatic carbocycles. The van der Waals surface area contributed by atoms with E-state index in [1.54, 1.807) is 12.1 Å². The fourth-order valence-corrected chi connectivity index (χ4v) is 3.41. The van der Waals surface area contributed by atoms with Crippen LogP contribution in [0, 0.1) is 0 Å². The summed E-state index contributed by atoms with van der Waals surface area (Å²) in [5, 5.41) is 3.48. The van der Waals surface area contributed by atoms with Crippen LogP contribution in [0.5, 0.6) is 5.75 Å². The first-order valence-corrected chi connectivity index (χ1v) is 9.85. The smallest absolute Gasteiger partial charge is 0.229 e. The van der Waals surface area contributed by atoms with E-state index in [1.807, 2.05) is 30.3 Å². The molecule has 5 nitrogen and oxygen atoms in total. The van der Waals surface area contributed by atoms with Crippen molar-refractivity contribution >= 4 is 15.7 Å². The maximum absolute atomic E-state index is 11.2. The fraction of sp³-hybridized carbons (Fsp3) is 0.333. The van der Waals surface area contributed by atoms with Crippen molar-refractivity contribution in [3.63, 3.8) is 0 Å². The largest absolute Gasteiger partial charge is 0.488 e. The zero-order valence-electron chi connectivity index (χ0n) is 13.8. The summed E-state index contributed by atoms with van der Waals surface area (Å²) in [5.41, 5.74) is 2.93. The van der Waals surface area contributed by atoms with Crippen LogP contribution in [0.2, 0.25) is 0 Å². The van der Waals surface area contributed by atoms with Gasteiger partial charge in [-0.05, 0) is 36.2 Å². The lowest BCUT2D eigenvalue weighted by Gasteiger charge is -2.18. The lowest BCUT2D eigenvalue weighted by molar-refractivity contribution is 0.222. The summed E-state index contributed by atoms with van der Waals surface area (Å²) in [7, 11) is -3.24. The minimum Gasteiger partial charge on any atom is -0.488 e. The maximum atomic E-state index is 11.2. The highest BCUT2D eigenvalue weighted by atomic mass is 32.2. The molecule has 1 aliphatic heterocycles. The van der Waals surface area contributed by atoms with E-state index in [9.17, 15) is 8.42 Å². The van der Waals surface area contributed by atoms with Crippen molar-refractivity contribution < 1.29 is 13.2 Å². The Kier molecular flexibility index (Phi) is 4.78. The zero-order valence-corrected chi connectivity index (χ0v) is 14.6. The molecule has 0 radical (unpaired) electrons. The van der Waals surface area contributed by atoms with E-state index in [1.165, 1.54) is 5.56 Å². The van der Waals surface area contributed by atoms with Gasteiger partial charge in [0.1, 0.15) is 11.9 Å². The Morgan fingerprint density at radius 2 is 1.88 bits per heavy atom. The monoisotopic (exact) mass is 346 g/mol. The number of hydrogen-bond acceptors (Lipinski definition) is 4. The molecule has 0 saturated heterocycles. The van der Waals surface area contributed by atoms with Crippen LogP contribution in [0.4, 0.5) is 5.69 Å². The number of nitrogens with one attached hydrogen (secondary N) is 2. The van der Waals surface area contributed by atoms with E-state index in [2.05, 4.69) is 23.0 Å². The summed E-state index contributed by atoms with van der Waals surface area (Å²) in [6.45, 7) is 2.85. The quantitative estimate of drug-likeness (QED) is 0.844. The third kappa shape index (κ3) is 4.27. The molecular formula is C18H22N2O3S. The second-order valence-corrected chi connectivity index (χ2v) is 7.93. The summed E-state index contributed by atoms with van der Waals surface area (Å²) in [4.78, 5) is 0. The highest BCUT2D eigenvalue weighted by Crippen LogP contribution is 2.28. The average molecular weight is 346 g/mol. The van der Waals surface area contributed by atoms with E-state index >= 15 is 0 Å². The number of ether oxygens (including phenoxy) is 1. The van der Waals surface area contributed by atoms with Crippen molar-refractivity contribution in [3.05, 3.63) is 59.7 Å². The summed E-state index contributed by atoms with van der Waals surface area (Å²) in [6, 6.07) is 15.7. The van der Waals surface area contributed by atoms with E-state index in [0.717, 1.165) is 30.5 Å².